The number of aliphatic hydroxyl groups is 1. The largest absolute Gasteiger partial charge is 0.467 e. The minimum absolute atomic E-state index is 0.108. The summed E-state index contributed by atoms with van der Waals surface area (Å²) in [4.78, 5) is 35.5. The van der Waals surface area contributed by atoms with E-state index < -0.39 is 30.5 Å². The molecule has 1 aromatic rings. The Bertz CT molecular complexity index is 569. The van der Waals surface area contributed by atoms with Gasteiger partial charge in [-0.1, -0.05) is 32.4 Å². The molecule has 0 radical (unpaired) electrons. The molecule has 7 nitrogen and oxygen atoms in total. The summed E-state index contributed by atoms with van der Waals surface area (Å²) in [5.41, 5.74) is 0.935. The van der Waals surface area contributed by atoms with Gasteiger partial charge in [0.2, 0.25) is 0 Å². The molecule has 0 saturated carbocycles. The van der Waals surface area contributed by atoms with Gasteiger partial charge in [-0.3, -0.25) is 4.79 Å². The fraction of sp³-hybridized carbons (Fsp3) is 0.471. The number of hydrogen-bond donors (Lipinski definition) is 2. The zero-order valence-corrected chi connectivity index (χ0v) is 14.1. The molecule has 0 spiro atoms. The zero-order valence-electron chi connectivity index (χ0n) is 14.1. The van der Waals surface area contributed by atoms with Gasteiger partial charge in [-0.15, -0.1) is 0 Å². The molecule has 0 aliphatic heterocycles. The quantitative estimate of drug-likeness (QED) is 0.687. The van der Waals surface area contributed by atoms with Crippen LogP contribution in [0.3, 0.4) is 0 Å². The number of hydrogen-bond acceptors (Lipinski definition) is 6. The fourth-order valence-corrected chi connectivity index (χ4v) is 1.97. The van der Waals surface area contributed by atoms with E-state index in [1.165, 1.54) is 19.2 Å². The van der Waals surface area contributed by atoms with Gasteiger partial charge in [0, 0.05) is 0 Å². The average Bonchev–Trinajstić information content (AvgIpc) is 2.62. The Balaban J connectivity index is 2.57. The van der Waals surface area contributed by atoms with Crippen molar-refractivity contribution in [2.75, 3.05) is 13.7 Å². The highest BCUT2D eigenvalue weighted by Crippen LogP contribution is 2.09. The molecule has 2 N–H and O–H groups in total. The Kier molecular flexibility index (Phi) is 7.91. The number of benzene rings is 1. The Morgan fingerprint density at radius 2 is 1.83 bits per heavy atom. The lowest BCUT2D eigenvalue weighted by Gasteiger charge is -2.21. The lowest BCUT2D eigenvalue weighted by molar-refractivity contribution is -0.147. The lowest BCUT2D eigenvalue weighted by atomic mass is 9.99. The molecule has 0 bridgehead atoms. The van der Waals surface area contributed by atoms with Gasteiger partial charge in [0.05, 0.1) is 19.3 Å². The Morgan fingerprint density at radius 1 is 1.21 bits per heavy atom. The maximum absolute atomic E-state index is 11.9. The predicted molar refractivity (Wildman–Crippen MR) is 86.0 cm³/mol. The van der Waals surface area contributed by atoms with E-state index in [0.717, 1.165) is 0 Å². The molecule has 24 heavy (non-hydrogen) atoms. The number of carbonyl (C=O) groups excluding carboxylic acids is 3. The van der Waals surface area contributed by atoms with Gasteiger partial charge in [-0.25, -0.2) is 9.59 Å². The minimum Gasteiger partial charge on any atom is -0.467 e. The van der Waals surface area contributed by atoms with Crippen molar-refractivity contribution in [1.29, 1.82) is 0 Å². The van der Waals surface area contributed by atoms with Crippen molar-refractivity contribution in [2.24, 2.45) is 5.92 Å². The second kappa shape index (κ2) is 9.67. The summed E-state index contributed by atoms with van der Waals surface area (Å²) < 4.78 is 9.60. The monoisotopic (exact) mass is 337 g/mol. The number of methoxy groups -OCH3 is 1. The van der Waals surface area contributed by atoms with Gasteiger partial charge < -0.3 is 19.9 Å². The van der Waals surface area contributed by atoms with Gasteiger partial charge in [0.1, 0.15) is 6.04 Å². The molecule has 0 saturated heterocycles. The van der Waals surface area contributed by atoms with Crippen molar-refractivity contribution >= 4 is 17.8 Å². The molecule has 1 aromatic carbocycles. The second-order valence-corrected chi connectivity index (χ2v) is 5.39. The number of rotatable bonds is 8. The number of nitrogens with one attached hydrogen (secondary N) is 1. The molecule has 0 fully saturated rings. The van der Waals surface area contributed by atoms with E-state index >= 15 is 0 Å². The van der Waals surface area contributed by atoms with Gasteiger partial charge in [-0.2, -0.15) is 0 Å². The van der Waals surface area contributed by atoms with Crippen LogP contribution >= 0.6 is 0 Å². The molecule has 2 atom stereocenters. The molecule has 7 heteroatoms. The Morgan fingerprint density at radius 3 is 2.33 bits per heavy atom. The van der Waals surface area contributed by atoms with Crippen LogP contribution in [0.5, 0.6) is 0 Å². The van der Waals surface area contributed by atoms with Crippen LogP contribution in [0.15, 0.2) is 24.3 Å². The number of aliphatic hydroxyl groups excluding tert-OH is 1. The summed E-state index contributed by atoms with van der Waals surface area (Å²) in [6, 6.07) is 5.40. The third-order valence-corrected chi connectivity index (χ3v) is 3.69. The van der Waals surface area contributed by atoms with E-state index in [1.54, 1.807) is 12.1 Å². The molecule has 132 valence electrons. The van der Waals surface area contributed by atoms with Crippen LogP contribution in [-0.4, -0.2) is 42.7 Å². The van der Waals surface area contributed by atoms with Crippen molar-refractivity contribution in [1.82, 2.24) is 5.32 Å². The summed E-state index contributed by atoms with van der Waals surface area (Å²) in [7, 11) is 1.25. The molecule has 0 aliphatic carbocycles. The smallest absolute Gasteiger partial charge is 0.338 e. The molecule has 1 amide bonds. The first-order valence-electron chi connectivity index (χ1n) is 7.67. The number of carbonyl (C=O) groups is 3. The highest BCUT2D eigenvalue weighted by Gasteiger charge is 2.27. The first-order chi connectivity index (χ1) is 11.4. The molecule has 0 heterocycles. The van der Waals surface area contributed by atoms with E-state index in [1.807, 2.05) is 13.8 Å². The first kappa shape index (κ1) is 19.6. The van der Waals surface area contributed by atoms with Crippen LogP contribution in [0.2, 0.25) is 0 Å². The van der Waals surface area contributed by atoms with Crippen LogP contribution in [0.25, 0.3) is 0 Å². The zero-order chi connectivity index (χ0) is 18.1. The standard InChI is InChI=1S/C17H23NO6/c1-4-11(2)15(17(22)23-3)18-14(20)10-24-16(21)13-7-5-12(9-19)6-8-13/h5-8,11,15,19H,4,9-10H2,1-3H3,(H,18,20)/t11-,15+/m1/s1. The van der Waals surface area contributed by atoms with Crippen LogP contribution in [0, 0.1) is 5.92 Å². The molecular weight excluding hydrogens is 314 g/mol. The van der Waals surface area contributed by atoms with E-state index in [0.29, 0.717) is 12.0 Å². The Hall–Kier alpha value is -2.41. The SMILES string of the molecule is CC[C@@H](C)[C@H](NC(=O)COC(=O)c1ccc(CO)cc1)C(=O)OC. The highest BCUT2D eigenvalue weighted by molar-refractivity contribution is 5.92. The van der Waals surface area contributed by atoms with E-state index in [2.05, 4.69) is 10.1 Å². The van der Waals surface area contributed by atoms with Crippen molar-refractivity contribution in [3.8, 4) is 0 Å². The number of ether oxygens (including phenoxy) is 2. The summed E-state index contributed by atoms with van der Waals surface area (Å²) in [5.74, 6) is -1.88. The minimum atomic E-state index is -0.782. The maximum atomic E-state index is 11.9. The third kappa shape index (κ3) is 5.66. The highest BCUT2D eigenvalue weighted by atomic mass is 16.5. The van der Waals surface area contributed by atoms with E-state index in [-0.39, 0.29) is 18.1 Å². The van der Waals surface area contributed by atoms with Gasteiger partial charge in [-0.05, 0) is 23.6 Å². The Labute approximate surface area is 141 Å². The molecule has 1 rings (SSSR count). The van der Waals surface area contributed by atoms with Crippen LogP contribution < -0.4 is 5.32 Å². The van der Waals surface area contributed by atoms with Crippen LogP contribution in [0.1, 0.15) is 36.2 Å². The molecular formula is C17H23NO6. The number of amides is 1. The van der Waals surface area contributed by atoms with E-state index in [4.69, 9.17) is 9.84 Å². The van der Waals surface area contributed by atoms with Crippen molar-refractivity contribution in [3.05, 3.63) is 35.4 Å². The molecule has 0 aromatic heterocycles. The fourth-order valence-electron chi connectivity index (χ4n) is 1.97. The topological polar surface area (TPSA) is 102 Å². The van der Waals surface area contributed by atoms with Gasteiger partial charge in [0.15, 0.2) is 6.61 Å². The van der Waals surface area contributed by atoms with Crippen LogP contribution in [-0.2, 0) is 25.7 Å². The number of esters is 2. The average molecular weight is 337 g/mol. The predicted octanol–water partition coefficient (Wildman–Crippen LogP) is 1.04. The van der Waals surface area contributed by atoms with Crippen molar-refractivity contribution in [2.45, 2.75) is 32.9 Å². The first-order valence-corrected chi connectivity index (χ1v) is 7.67. The van der Waals surface area contributed by atoms with Gasteiger partial charge >= 0.3 is 11.9 Å². The summed E-state index contributed by atoms with van der Waals surface area (Å²) in [6.45, 7) is 3.09. The van der Waals surface area contributed by atoms with Crippen LogP contribution in [0.4, 0.5) is 0 Å². The van der Waals surface area contributed by atoms with Gasteiger partial charge in [0.25, 0.3) is 5.91 Å². The van der Waals surface area contributed by atoms with Crippen molar-refractivity contribution in [3.63, 3.8) is 0 Å². The molecule has 0 unspecified atom stereocenters. The summed E-state index contributed by atoms with van der Waals surface area (Å²) in [6.07, 6.45) is 0.678. The molecule has 0 aliphatic rings. The summed E-state index contributed by atoms with van der Waals surface area (Å²) in [5, 5.41) is 11.5. The summed E-state index contributed by atoms with van der Waals surface area (Å²) >= 11 is 0. The normalized spacial score (nSPS) is 12.8. The van der Waals surface area contributed by atoms with Crippen molar-refractivity contribution < 1.29 is 29.0 Å². The third-order valence-electron chi connectivity index (χ3n) is 3.69. The maximum Gasteiger partial charge on any atom is 0.338 e. The lowest BCUT2D eigenvalue weighted by Crippen LogP contribution is -2.47. The second-order valence-electron chi connectivity index (χ2n) is 5.39. The van der Waals surface area contributed by atoms with E-state index in [9.17, 15) is 14.4 Å².